The summed E-state index contributed by atoms with van der Waals surface area (Å²) in [6.45, 7) is 2.16. The SMILES string of the molecule is Cc1ccn(C)c1C1(N)CCCC1. The average Bonchev–Trinajstić information content (AvgIpc) is 2.60. The van der Waals surface area contributed by atoms with E-state index >= 15 is 0 Å². The van der Waals surface area contributed by atoms with Gasteiger partial charge in [-0.1, -0.05) is 12.8 Å². The van der Waals surface area contributed by atoms with Gasteiger partial charge in [0.05, 0.1) is 5.54 Å². The van der Waals surface area contributed by atoms with E-state index in [9.17, 15) is 0 Å². The highest BCUT2D eigenvalue weighted by molar-refractivity contribution is 5.28. The first kappa shape index (κ1) is 8.82. The van der Waals surface area contributed by atoms with Crippen LogP contribution in [0.4, 0.5) is 0 Å². The molecule has 2 heteroatoms. The molecule has 2 nitrogen and oxygen atoms in total. The lowest BCUT2D eigenvalue weighted by Crippen LogP contribution is -2.35. The molecule has 1 heterocycles. The predicted octanol–water partition coefficient (Wildman–Crippen LogP) is 2.06. The van der Waals surface area contributed by atoms with Crippen molar-refractivity contribution >= 4 is 0 Å². The number of hydrogen-bond acceptors (Lipinski definition) is 1. The number of nitrogens with two attached hydrogens (primary N) is 1. The van der Waals surface area contributed by atoms with Gasteiger partial charge in [0.25, 0.3) is 0 Å². The van der Waals surface area contributed by atoms with Crippen molar-refractivity contribution in [3.05, 3.63) is 23.5 Å². The Morgan fingerprint density at radius 3 is 2.46 bits per heavy atom. The molecule has 0 spiro atoms. The molecule has 2 rings (SSSR count). The topological polar surface area (TPSA) is 30.9 Å². The molecule has 72 valence electrons. The zero-order valence-electron chi connectivity index (χ0n) is 8.51. The van der Waals surface area contributed by atoms with Gasteiger partial charge in [0.1, 0.15) is 0 Å². The molecule has 1 aliphatic carbocycles. The van der Waals surface area contributed by atoms with Gasteiger partial charge in [-0.15, -0.1) is 0 Å². The van der Waals surface area contributed by atoms with Crippen molar-refractivity contribution in [1.29, 1.82) is 0 Å². The molecule has 1 saturated carbocycles. The van der Waals surface area contributed by atoms with E-state index in [4.69, 9.17) is 5.73 Å². The molecular weight excluding hydrogens is 160 g/mol. The van der Waals surface area contributed by atoms with Crippen molar-refractivity contribution in [2.75, 3.05) is 0 Å². The highest BCUT2D eigenvalue weighted by atomic mass is 15.0. The zero-order chi connectivity index (χ0) is 9.47. The van der Waals surface area contributed by atoms with E-state index in [-0.39, 0.29) is 5.54 Å². The maximum absolute atomic E-state index is 6.41. The standard InChI is InChI=1S/C11H18N2/c1-9-5-8-13(2)10(9)11(12)6-3-4-7-11/h5,8H,3-4,6-7,12H2,1-2H3. The Balaban J connectivity index is 2.43. The molecule has 0 amide bonds. The minimum atomic E-state index is -0.0394. The number of aromatic nitrogens is 1. The predicted molar refractivity (Wildman–Crippen MR) is 54.5 cm³/mol. The Morgan fingerprint density at radius 1 is 1.38 bits per heavy atom. The first-order valence-corrected chi connectivity index (χ1v) is 5.05. The summed E-state index contributed by atoms with van der Waals surface area (Å²) in [5.74, 6) is 0. The molecule has 1 aromatic rings. The minimum absolute atomic E-state index is 0.0394. The Morgan fingerprint density at radius 2 is 2.00 bits per heavy atom. The second-order valence-electron chi connectivity index (χ2n) is 4.32. The van der Waals surface area contributed by atoms with Crippen molar-refractivity contribution in [3.8, 4) is 0 Å². The molecule has 0 atom stereocenters. The van der Waals surface area contributed by atoms with Crippen molar-refractivity contribution in [3.63, 3.8) is 0 Å². The lowest BCUT2D eigenvalue weighted by molar-refractivity contribution is 0.430. The van der Waals surface area contributed by atoms with Gasteiger partial charge in [-0.3, -0.25) is 0 Å². The molecule has 0 saturated heterocycles. The second-order valence-corrected chi connectivity index (χ2v) is 4.32. The van der Waals surface area contributed by atoms with Gasteiger partial charge in [0.15, 0.2) is 0 Å². The molecule has 13 heavy (non-hydrogen) atoms. The van der Waals surface area contributed by atoms with Crippen LogP contribution < -0.4 is 5.73 Å². The van der Waals surface area contributed by atoms with Crippen LogP contribution >= 0.6 is 0 Å². The van der Waals surface area contributed by atoms with E-state index in [0.717, 1.165) is 12.8 Å². The Labute approximate surface area is 79.7 Å². The van der Waals surface area contributed by atoms with Gasteiger partial charge in [-0.25, -0.2) is 0 Å². The molecule has 1 aliphatic rings. The van der Waals surface area contributed by atoms with E-state index in [0.29, 0.717) is 0 Å². The van der Waals surface area contributed by atoms with E-state index in [1.165, 1.54) is 24.1 Å². The van der Waals surface area contributed by atoms with Crippen molar-refractivity contribution in [1.82, 2.24) is 4.57 Å². The first-order chi connectivity index (χ1) is 6.13. The van der Waals surface area contributed by atoms with E-state index in [2.05, 4.69) is 30.8 Å². The fourth-order valence-electron chi connectivity index (χ4n) is 2.64. The van der Waals surface area contributed by atoms with Crippen LogP contribution in [-0.4, -0.2) is 4.57 Å². The van der Waals surface area contributed by atoms with Gasteiger partial charge in [-0.05, 0) is 31.4 Å². The van der Waals surface area contributed by atoms with Gasteiger partial charge in [0.2, 0.25) is 0 Å². The third-order valence-electron chi connectivity index (χ3n) is 3.24. The summed E-state index contributed by atoms with van der Waals surface area (Å²) in [5, 5.41) is 0. The molecule has 0 unspecified atom stereocenters. The van der Waals surface area contributed by atoms with E-state index in [1.807, 2.05) is 0 Å². The lowest BCUT2D eigenvalue weighted by Gasteiger charge is -2.25. The Kier molecular flexibility index (Phi) is 1.95. The first-order valence-electron chi connectivity index (χ1n) is 5.05. The number of aryl methyl sites for hydroxylation is 2. The van der Waals surface area contributed by atoms with Crippen LogP contribution in [0.2, 0.25) is 0 Å². The molecular formula is C11H18N2. The quantitative estimate of drug-likeness (QED) is 0.701. The molecule has 2 N–H and O–H groups in total. The number of rotatable bonds is 1. The average molecular weight is 178 g/mol. The lowest BCUT2D eigenvalue weighted by atomic mass is 9.92. The van der Waals surface area contributed by atoms with Gasteiger partial charge in [0, 0.05) is 18.9 Å². The number of nitrogens with zero attached hydrogens (tertiary/aromatic N) is 1. The van der Waals surface area contributed by atoms with Gasteiger partial charge < -0.3 is 10.3 Å². The fourth-order valence-corrected chi connectivity index (χ4v) is 2.64. The smallest absolute Gasteiger partial charge is 0.0566 e. The third kappa shape index (κ3) is 1.29. The monoisotopic (exact) mass is 178 g/mol. The summed E-state index contributed by atoms with van der Waals surface area (Å²) in [7, 11) is 2.09. The summed E-state index contributed by atoms with van der Waals surface area (Å²) in [6, 6.07) is 2.16. The maximum atomic E-state index is 6.41. The third-order valence-corrected chi connectivity index (χ3v) is 3.24. The molecule has 1 fully saturated rings. The molecule has 0 aliphatic heterocycles. The van der Waals surface area contributed by atoms with Crippen LogP contribution in [-0.2, 0) is 12.6 Å². The number of hydrogen-bond donors (Lipinski definition) is 1. The largest absolute Gasteiger partial charge is 0.353 e. The van der Waals surface area contributed by atoms with Gasteiger partial charge in [-0.2, -0.15) is 0 Å². The summed E-state index contributed by atoms with van der Waals surface area (Å²) < 4.78 is 2.18. The summed E-state index contributed by atoms with van der Waals surface area (Å²) >= 11 is 0. The van der Waals surface area contributed by atoms with Crippen LogP contribution in [0.25, 0.3) is 0 Å². The summed E-state index contributed by atoms with van der Waals surface area (Å²) in [5.41, 5.74) is 9.04. The fraction of sp³-hybridized carbons (Fsp3) is 0.636. The van der Waals surface area contributed by atoms with Crippen molar-refractivity contribution in [2.24, 2.45) is 12.8 Å². The molecule has 0 aromatic carbocycles. The minimum Gasteiger partial charge on any atom is -0.353 e. The Hall–Kier alpha value is -0.760. The van der Waals surface area contributed by atoms with E-state index in [1.54, 1.807) is 0 Å². The second kappa shape index (κ2) is 2.88. The van der Waals surface area contributed by atoms with Crippen LogP contribution in [0, 0.1) is 6.92 Å². The zero-order valence-corrected chi connectivity index (χ0v) is 8.51. The van der Waals surface area contributed by atoms with Crippen LogP contribution in [0.5, 0.6) is 0 Å². The molecule has 1 aromatic heterocycles. The maximum Gasteiger partial charge on any atom is 0.0566 e. The highest BCUT2D eigenvalue weighted by Gasteiger charge is 2.34. The summed E-state index contributed by atoms with van der Waals surface area (Å²) in [4.78, 5) is 0. The molecule has 0 radical (unpaired) electrons. The molecule has 0 bridgehead atoms. The van der Waals surface area contributed by atoms with Crippen LogP contribution in [0.1, 0.15) is 36.9 Å². The summed E-state index contributed by atoms with van der Waals surface area (Å²) in [6.07, 6.45) is 6.96. The highest BCUT2D eigenvalue weighted by Crippen LogP contribution is 2.37. The van der Waals surface area contributed by atoms with Crippen LogP contribution in [0.15, 0.2) is 12.3 Å². The van der Waals surface area contributed by atoms with E-state index < -0.39 is 0 Å². The van der Waals surface area contributed by atoms with Gasteiger partial charge >= 0.3 is 0 Å². The Bertz CT molecular complexity index is 286. The normalized spacial score (nSPS) is 20.8. The van der Waals surface area contributed by atoms with Crippen molar-refractivity contribution in [2.45, 2.75) is 38.1 Å². The van der Waals surface area contributed by atoms with Crippen molar-refractivity contribution < 1.29 is 0 Å². The van der Waals surface area contributed by atoms with Crippen LogP contribution in [0.3, 0.4) is 0 Å².